The van der Waals surface area contributed by atoms with E-state index in [4.69, 9.17) is 0 Å². The summed E-state index contributed by atoms with van der Waals surface area (Å²) >= 11 is 0. The summed E-state index contributed by atoms with van der Waals surface area (Å²) < 4.78 is 0. The van der Waals surface area contributed by atoms with Gasteiger partial charge in [-0.3, -0.25) is 9.59 Å². The minimum Gasteiger partial charge on any atom is -0.311 e. The molecule has 0 aliphatic heterocycles. The van der Waals surface area contributed by atoms with Crippen molar-refractivity contribution in [3.05, 3.63) is 18.2 Å². The fourth-order valence-corrected chi connectivity index (χ4v) is 5.59. The predicted octanol–water partition coefficient (Wildman–Crippen LogP) is 11.9. The number of rotatable bonds is 30. The number of anilines is 2. The molecule has 0 aromatic carbocycles. The summed E-state index contributed by atoms with van der Waals surface area (Å²) in [5.74, 6) is 1.02. The Morgan fingerprint density at radius 1 is 0.452 bits per heavy atom. The Hall–Kier alpha value is -1.91. The highest BCUT2D eigenvalue weighted by molar-refractivity contribution is 5.91. The first kappa shape index (κ1) is 38.1. The number of amides is 2. The van der Waals surface area contributed by atoms with Crippen LogP contribution in [0, 0.1) is 0 Å². The summed E-state index contributed by atoms with van der Waals surface area (Å²) in [5, 5.41) is 5.79. The van der Waals surface area contributed by atoms with Crippen molar-refractivity contribution in [3.63, 3.8) is 0 Å². The molecule has 2 N–H and O–H groups in total. The second-order valence-electron chi connectivity index (χ2n) is 12.5. The van der Waals surface area contributed by atoms with Crippen LogP contribution in [0.3, 0.4) is 0 Å². The van der Waals surface area contributed by atoms with Crippen LogP contribution in [0.5, 0.6) is 0 Å². The molecule has 0 saturated carbocycles. The van der Waals surface area contributed by atoms with Crippen LogP contribution in [-0.2, 0) is 9.59 Å². The number of unbranched alkanes of at least 4 members (excludes halogenated alkanes) is 24. The van der Waals surface area contributed by atoms with Crippen LogP contribution in [0.15, 0.2) is 18.2 Å². The molecular formula is C37H67N3O2. The molecule has 0 radical (unpaired) electrons. The van der Waals surface area contributed by atoms with Gasteiger partial charge in [-0.05, 0) is 25.0 Å². The monoisotopic (exact) mass is 586 g/mol. The molecule has 2 amide bonds. The standard InChI is InChI=1S/C37H67N3O2/c1-3-5-7-9-11-13-15-17-19-21-23-25-27-32-36(41)39-34-30-29-31-35(38-34)40-37(42)33-28-26-24-22-20-18-16-14-12-10-8-6-4-2/h29-31H,3-28,32-33H2,1-2H3,(H2,38,39,40,41,42). The van der Waals surface area contributed by atoms with E-state index < -0.39 is 0 Å². The molecule has 0 aliphatic carbocycles. The van der Waals surface area contributed by atoms with E-state index in [9.17, 15) is 9.59 Å². The van der Waals surface area contributed by atoms with Crippen LogP contribution in [0.4, 0.5) is 11.6 Å². The van der Waals surface area contributed by atoms with Gasteiger partial charge >= 0.3 is 0 Å². The molecule has 1 rings (SSSR count). The molecular weight excluding hydrogens is 518 g/mol. The topological polar surface area (TPSA) is 71.1 Å². The van der Waals surface area contributed by atoms with Crippen molar-refractivity contribution in [1.29, 1.82) is 0 Å². The fraction of sp³-hybridized carbons (Fsp3) is 0.811. The third-order valence-corrected chi connectivity index (χ3v) is 8.30. The second kappa shape index (κ2) is 29.2. The number of aromatic nitrogens is 1. The van der Waals surface area contributed by atoms with Gasteiger partial charge in [-0.25, -0.2) is 4.98 Å². The minimum absolute atomic E-state index is 0.000947. The lowest BCUT2D eigenvalue weighted by Crippen LogP contribution is -2.15. The summed E-state index contributed by atoms with van der Waals surface area (Å²) in [6, 6.07) is 5.39. The van der Waals surface area contributed by atoms with Gasteiger partial charge in [0.05, 0.1) is 0 Å². The average molecular weight is 586 g/mol. The SMILES string of the molecule is CCCCCCCCCCCCCCCC(=O)Nc1cccc(NC(=O)CCCCCCCCCCCCCCC)n1. The zero-order valence-electron chi connectivity index (χ0n) is 27.8. The van der Waals surface area contributed by atoms with Gasteiger partial charge in [0.2, 0.25) is 11.8 Å². The molecule has 5 nitrogen and oxygen atoms in total. The van der Waals surface area contributed by atoms with E-state index in [0.717, 1.165) is 25.7 Å². The number of carbonyl (C=O) groups is 2. The number of pyridine rings is 1. The van der Waals surface area contributed by atoms with Gasteiger partial charge in [-0.2, -0.15) is 0 Å². The molecule has 242 valence electrons. The zero-order valence-corrected chi connectivity index (χ0v) is 27.8. The van der Waals surface area contributed by atoms with Crippen LogP contribution in [-0.4, -0.2) is 16.8 Å². The molecule has 1 aromatic rings. The number of hydrogen-bond acceptors (Lipinski definition) is 3. The fourth-order valence-electron chi connectivity index (χ4n) is 5.59. The number of carbonyl (C=O) groups excluding carboxylic acids is 2. The zero-order chi connectivity index (χ0) is 30.4. The third kappa shape index (κ3) is 24.7. The van der Waals surface area contributed by atoms with E-state index in [1.165, 1.54) is 141 Å². The smallest absolute Gasteiger partial charge is 0.225 e. The van der Waals surface area contributed by atoms with E-state index in [2.05, 4.69) is 29.5 Å². The Morgan fingerprint density at radius 2 is 0.714 bits per heavy atom. The molecule has 42 heavy (non-hydrogen) atoms. The highest BCUT2D eigenvalue weighted by atomic mass is 16.2. The quantitative estimate of drug-likeness (QED) is 0.0882. The molecule has 5 heteroatoms. The van der Waals surface area contributed by atoms with Crippen LogP contribution in [0.2, 0.25) is 0 Å². The number of nitrogens with one attached hydrogen (secondary N) is 2. The van der Waals surface area contributed by atoms with Crippen molar-refractivity contribution in [2.24, 2.45) is 0 Å². The van der Waals surface area contributed by atoms with Gasteiger partial charge in [0, 0.05) is 12.8 Å². The molecule has 0 unspecified atom stereocenters. The lowest BCUT2D eigenvalue weighted by atomic mass is 10.0. The maximum atomic E-state index is 12.4. The van der Waals surface area contributed by atoms with Gasteiger partial charge in [0.15, 0.2) is 0 Å². The molecule has 0 saturated heterocycles. The summed E-state index contributed by atoms with van der Waals surface area (Å²) in [4.78, 5) is 29.1. The number of nitrogens with zero attached hydrogens (tertiary/aromatic N) is 1. The highest BCUT2D eigenvalue weighted by Crippen LogP contribution is 2.16. The Balaban J connectivity index is 2.00. The van der Waals surface area contributed by atoms with E-state index in [1.54, 1.807) is 12.1 Å². The van der Waals surface area contributed by atoms with E-state index >= 15 is 0 Å². The maximum absolute atomic E-state index is 12.4. The van der Waals surface area contributed by atoms with Gasteiger partial charge in [0.1, 0.15) is 11.6 Å². The van der Waals surface area contributed by atoms with Crippen molar-refractivity contribution in [1.82, 2.24) is 4.98 Å². The van der Waals surface area contributed by atoms with Crippen LogP contribution in [0.25, 0.3) is 0 Å². The first-order chi connectivity index (χ1) is 20.7. The molecule has 0 spiro atoms. The molecule has 0 fully saturated rings. The summed E-state index contributed by atoms with van der Waals surface area (Å²) in [6.07, 6.45) is 34.8. The van der Waals surface area contributed by atoms with E-state index in [1.807, 2.05) is 6.07 Å². The van der Waals surface area contributed by atoms with Crippen molar-refractivity contribution in [2.45, 2.75) is 194 Å². The van der Waals surface area contributed by atoms with Crippen LogP contribution >= 0.6 is 0 Å². The minimum atomic E-state index is 0.000947. The van der Waals surface area contributed by atoms with Crippen molar-refractivity contribution < 1.29 is 9.59 Å². The molecule has 0 aliphatic rings. The van der Waals surface area contributed by atoms with E-state index in [0.29, 0.717) is 24.5 Å². The van der Waals surface area contributed by atoms with Gasteiger partial charge in [-0.15, -0.1) is 0 Å². The predicted molar refractivity (Wildman–Crippen MR) is 182 cm³/mol. The Bertz CT molecular complexity index is 708. The lowest BCUT2D eigenvalue weighted by Gasteiger charge is -2.08. The largest absolute Gasteiger partial charge is 0.311 e. The third-order valence-electron chi connectivity index (χ3n) is 8.30. The van der Waals surface area contributed by atoms with Crippen molar-refractivity contribution in [3.8, 4) is 0 Å². The van der Waals surface area contributed by atoms with E-state index in [-0.39, 0.29) is 11.8 Å². The van der Waals surface area contributed by atoms with Crippen molar-refractivity contribution >= 4 is 23.5 Å². The Labute approximate surface area is 260 Å². The summed E-state index contributed by atoms with van der Waals surface area (Å²) in [5.41, 5.74) is 0. The van der Waals surface area contributed by atoms with Crippen LogP contribution < -0.4 is 10.6 Å². The molecule has 0 bridgehead atoms. The van der Waals surface area contributed by atoms with Crippen LogP contribution in [0.1, 0.15) is 194 Å². The lowest BCUT2D eigenvalue weighted by molar-refractivity contribution is -0.117. The first-order valence-electron chi connectivity index (χ1n) is 18.2. The summed E-state index contributed by atoms with van der Waals surface area (Å²) in [7, 11) is 0. The Kier molecular flexibility index (Phi) is 26.5. The Morgan fingerprint density at radius 3 is 1.00 bits per heavy atom. The van der Waals surface area contributed by atoms with Gasteiger partial charge < -0.3 is 10.6 Å². The molecule has 1 aromatic heterocycles. The first-order valence-corrected chi connectivity index (χ1v) is 18.2. The second-order valence-corrected chi connectivity index (χ2v) is 12.5. The highest BCUT2D eigenvalue weighted by Gasteiger charge is 2.07. The normalized spacial score (nSPS) is 11.1. The maximum Gasteiger partial charge on any atom is 0.225 e. The van der Waals surface area contributed by atoms with Crippen molar-refractivity contribution in [2.75, 3.05) is 10.6 Å². The van der Waals surface area contributed by atoms with Gasteiger partial charge in [-0.1, -0.05) is 174 Å². The average Bonchev–Trinajstić information content (AvgIpc) is 2.98. The van der Waals surface area contributed by atoms with Gasteiger partial charge in [0.25, 0.3) is 0 Å². The number of hydrogen-bond donors (Lipinski definition) is 2. The molecule has 0 atom stereocenters. The summed E-state index contributed by atoms with van der Waals surface area (Å²) in [6.45, 7) is 4.54. The molecule has 1 heterocycles.